The quantitative estimate of drug-likeness (QED) is 0.594. The number of nitrogens with one attached hydrogen (secondary N) is 1. The van der Waals surface area contributed by atoms with Crippen LogP contribution in [0, 0.1) is 0 Å². The van der Waals surface area contributed by atoms with Gasteiger partial charge in [-0.15, -0.1) is 23.4 Å². The molecule has 0 aliphatic carbocycles. The molecule has 0 unspecified atom stereocenters. The highest BCUT2D eigenvalue weighted by molar-refractivity contribution is 8.00. The molecule has 2 heterocycles. The van der Waals surface area contributed by atoms with Crippen LogP contribution in [0.2, 0.25) is 0 Å². The molecule has 1 N–H and O–H groups in total. The highest BCUT2D eigenvalue weighted by Gasteiger charge is 2.20. The maximum absolute atomic E-state index is 12.0. The lowest BCUT2D eigenvalue weighted by molar-refractivity contribution is -0.120. The second-order valence-corrected chi connectivity index (χ2v) is 6.05. The van der Waals surface area contributed by atoms with Gasteiger partial charge in [-0.25, -0.2) is 0 Å². The second kappa shape index (κ2) is 8.28. The van der Waals surface area contributed by atoms with Gasteiger partial charge >= 0.3 is 0 Å². The average molecular weight is 329 g/mol. The molecule has 0 fully saturated rings. The fourth-order valence-corrected chi connectivity index (χ4v) is 2.79. The Morgan fingerprint density at radius 2 is 2.26 bits per heavy atom. The lowest BCUT2D eigenvalue weighted by atomic mass is 10.3. The van der Waals surface area contributed by atoms with E-state index in [1.54, 1.807) is 24.5 Å². The number of thioether (sulfide) groups is 1. The first-order valence-corrected chi connectivity index (χ1v) is 8.05. The molecule has 0 saturated heterocycles. The summed E-state index contributed by atoms with van der Waals surface area (Å²) in [4.78, 5) is 16.1. The average Bonchev–Trinajstić information content (AvgIpc) is 2.96. The molecule has 0 radical (unpaired) electrons. The van der Waals surface area contributed by atoms with E-state index >= 15 is 0 Å². The van der Waals surface area contributed by atoms with E-state index in [0.717, 1.165) is 5.56 Å². The number of aromatic nitrogens is 4. The highest BCUT2D eigenvalue weighted by Crippen LogP contribution is 2.26. The van der Waals surface area contributed by atoms with Crippen molar-refractivity contribution in [3.05, 3.63) is 49.8 Å². The zero-order chi connectivity index (χ0) is 16.7. The number of allylic oxidation sites excluding steroid dienone is 1. The van der Waals surface area contributed by atoms with Crippen LogP contribution >= 0.6 is 11.8 Å². The lowest BCUT2D eigenvalue weighted by Crippen LogP contribution is -2.31. The molecule has 2 rings (SSSR count). The molecule has 2 aromatic heterocycles. The van der Waals surface area contributed by atoms with Gasteiger partial charge in [0.25, 0.3) is 0 Å². The van der Waals surface area contributed by atoms with Crippen molar-refractivity contribution in [2.75, 3.05) is 6.54 Å². The van der Waals surface area contributed by atoms with Crippen LogP contribution in [-0.4, -0.2) is 37.5 Å². The molecule has 0 aliphatic rings. The Morgan fingerprint density at radius 3 is 2.91 bits per heavy atom. The zero-order valence-corrected chi connectivity index (χ0v) is 13.8. The lowest BCUT2D eigenvalue weighted by Gasteiger charge is -2.12. The Bertz CT molecular complexity index is 683. The van der Waals surface area contributed by atoms with Crippen LogP contribution in [0.3, 0.4) is 0 Å². The normalized spacial score (nSPS) is 11.7. The Kier molecular flexibility index (Phi) is 6.10. The number of amides is 1. The molecule has 7 heteroatoms. The minimum Gasteiger partial charge on any atom is -0.352 e. The molecule has 0 saturated carbocycles. The molecule has 0 spiro atoms. The minimum absolute atomic E-state index is 0.0639. The first kappa shape index (κ1) is 17.0. The van der Waals surface area contributed by atoms with E-state index in [2.05, 4.69) is 33.7 Å². The molecule has 120 valence electrons. The third kappa shape index (κ3) is 4.29. The highest BCUT2D eigenvalue weighted by atomic mass is 32.2. The van der Waals surface area contributed by atoms with Crippen molar-refractivity contribution >= 4 is 17.7 Å². The van der Waals surface area contributed by atoms with Gasteiger partial charge in [0.1, 0.15) is 0 Å². The van der Waals surface area contributed by atoms with Gasteiger partial charge in [-0.2, -0.15) is 0 Å². The number of nitrogens with zero attached hydrogens (tertiary/aromatic N) is 4. The van der Waals surface area contributed by atoms with Gasteiger partial charge in [-0.3, -0.25) is 14.3 Å². The van der Waals surface area contributed by atoms with Crippen LogP contribution < -0.4 is 5.32 Å². The van der Waals surface area contributed by atoms with Crippen molar-refractivity contribution < 1.29 is 4.79 Å². The van der Waals surface area contributed by atoms with Crippen molar-refractivity contribution in [2.45, 2.75) is 23.9 Å². The fraction of sp³-hybridized carbons (Fsp3) is 0.250. The monoisotopic (exact) mass is 329 g/mol. The topological polar surface area (TPSA) is 72.7 Å². The largest absolute Gasteiger partial charge is 0.352 e. The van der Waals surface area contributed by atoms with Gasteiger partial charge in [-0.1, -0.05) is 23.9 Å². The molecule has 1 atom stereocenters. The van der Waals surface area contributed by atoms with Crippen LogP contribution in [0.15, 0.2) is 55.0 Å². The van der Waals surface area contributed by atoms with Gasteiger partial charge in [-0.05, 0) is 19.1 Å². The predicted octanol–water partition coefficient (Wildman–Crippen LogP) is 2.31. The maximum atomic E-state index is 12.0. The van der Waals surface area contributed by atoms with Crippen molar-refractivity contribution in [3.8, 4) is 11.4 Å². The smallest absolute Gasteiger partial charge is 0.233 e. The van der Waals surface area contributed by atoms with Crippen LogP contribution in [0.4, 0.5) is 0 Å². The molecule has 2 aromatic rings. The SMILES string of the molecule is C=CCNC(=O)[C@H](C)Sc1nnc(-c2cccnc2)n1CC=C. The number of hydrogen-bond acceptors (Lipinski definition) is 5. The van der Waals surface area contributed by atoms with Crippen molar-refractivity contribution in [3.63, 3.8) is 0 Å². The van der Waals surface area contributed by atoms with E-state index < -0.39 is 0 Å². The summed E-state index contributed by atoms with van der Waals surface area (Å²) in [6.07, 6.45) is 6.86. The van der Waals surface area contributed by atoms with E-state index in [1.807, 2.05) is 23.6 Å². The maximum Gasteiger partial charge on any atom is 0.233 e. The van der Waals surface area contributed by atoms with E-state index in [0.29, 0.717) is 24.1 Å². The Hall–Kier alpha value is -2.41. The number of carbonyl (C=O) groups excluding carboxylic acids is 1. The molecular formula is C16H19N5OS. The van der Waals surface area contributed by atoms with Gasteiger partial charge in [0, 0.05) is 31.0 Å². The number of carbonyl (C=O) groups is 1. The predicted molar refractivity (Wildman–Crippen MR) is 92.0 cm³/mol. The molecule has 0 aliphatic heterocycles. The summed E-state index contributed by atoms with van der Waals surface area (Å²) in [5.74, 6) is 0.644. The molecule has 0 aromatic carbocycles. The van der Waals surface area contributed by atoms with Crippen molar-refractivity contribution in [2.24, 2.45) is 0 Å². The summed E-state index contributed by atoms with van der Waals surface area (Å²) in [5.41, 5.74) is 0.873. The van der Waals surface area contributed by atoms with Gasteiger partial charge in [0.05, 0.1) is 5.25 Å². The molecule has 6 nitrogen and oxygen atoms in total. The summed E-state index contributed by atoms with van der Waals surface area (Å²) in [6, 6.07) is 3.77. The van der Waals surface area contributed by atoms with Gasteiger partial charge in [0.2, 0.25) is 5.91 Å². The first-order chi connectivity index (χ1) is 11.2. The molecule has 0 bridgehead atoms. The fourth-order valence-electron chi connectivity index (χ4n) is 1.91. The van der Waals surface area contributed by atoms with Gasteiger partial charge in [0.15, 0.2) is 11.0 Å². The van der Waals surface area contributed by atoms with Gasteiger partial charge < -0.3 is 5.32 Å². The third-order valence-corrected chi connectivity index (χ3v) is 4.10. The molecular weight excluding hydrogens is 310 g/mol. The van der Waals surface area contributed by atoms with Crippen molar-refractivity contribution in [1.29, 1.82) is 0 Å². The standard InChI is InChI=1S/C16H19N5OS/c1-4-8-18-15(22)12(3)23-16-20-19-14(21(16)10-5-2)13-7-6-9-17-11-13/h4-7,9,11-12H,1-2,8,10H2,3H3,(H,18,22)/t12-/m0/s1. The number of hydrogen-bond donors (Lipinski definition) is 1. The molecule has 1 amide bonds. The van der Waals surface area contributed by atoms with E-state index in [1.165, 1.54) is 11.8 Å². The van der Waals surface area contributed by atoms with Crippen LogP contribution in [0.1, 0.15) is 6.92 Å². The summed E-state index contributed by atoms with van der Waals surface area (Å²) < 4.78 is 1.92. The minimum atomic E-state index is -0.288. The van der Waals surface area contributed by atoms with Crippen LogP contribution in [0.5, 0.6) is 0 Å². The van der Waals surface area contributed by atoms with Crippen LogP contribution in [-0.2, 0) is 11.3 Å². The summed E-state index contributed by atoms with van der Waals surface area (Å²) in [5, 5.41) is 11.6. The first-order valence-electron chi connectivity index (χ1n) is 7.17. The summed E-state index contributed by atoms with van der Waals surface area (Å²) >= 11 is 1.36. The summed E-state index contributed by atoms with van der Waals surface area (Å²) in [6.45, 7) is 10.2. The third-order valence-electron chi connectivity index (χ3n) is 3.02. The molecule has 23 heavy (non-hydrogen) atoms. The Morgan fingerprint density at radius 1 is 1.43 bits per heavy atom. The Labute approximate surface area is 139 Å². The van der Waals surface area contributed by atoms with E-state index in [-0.39, 0.29) is 11.2 Å². The Balaban J connectivity index is 2.22. The van der Waals surface area contributed by atoms with E-state index in [9.17, 15) is 4.79 Å². The second-order valence-electron chi connectivity index (χ2n) is 4.74. The van der Waals surface area contributed by atoms with Crippen LogP contribution in [0.25, 0.3) is 11.4 Å². The van der Waals surface area contributed by atoms with E-state index in [4.69, 9.17) is 0 Å². The number of rotatable bonds is 8. The summed E-state index contributed by atoms with van der Waals surface area (Å²) in [7, 11) is 0. The van der Waals surface area contributed by atoms with Crippen molar-refractivity contribution in [1.82, 2.24) is 25.1 Å². The zero-order valence-electron chi connectivity index (χ0n) is 13.0. The number of pyridine rings is 1.